The number of carboxylic acids is 1. The molecule has 1 N–H and O–H groups in total. The molecule has 3 rings (SSSR count). The third-order valence-electron chi connectivity index (χ3n) is 3.30. The molecule has 0 radical (unpaired) electrons. The maximum Gasteiger partial charge on any atom is 0.336 e. The molecule has 0 fully saturated rings. The van der Waals surface area contributed by atoms with Gasteiger partial charge in [0.05, 0.1) is 17.6 Å². The molecule has 0 spiro atoms. The number of hydrogen-bond donors (Lipinski definition) is 1. The molecule has 0 saturated heterocycles. The molecule has 0 atom stereocenters. The monoisotopic (exact) mass is 298 g/mol. The van der Waals surface area contributed by atoms with Gasteiger partial charge in [-0.15, -0.1) is 11.3 Å². The van der Waals surface area contributed by atoms with E-state index in [4.69, 9.17) is 0 Å². The Hall–Kier alpha value is -2.40. The van der Waals surface area contributed by atoms with Crippen LogP contribution >= 0.6 is 11.3 Å². The molecule has 2 heterocycles. The fourth-order valence-electron chi connectivity index (χ4n) is 2.25. The van der Waals surface area contributed by atoms with Gasteiger partial charge in [-0.25, -0.2) is 9.78 Å². The number of aromatic carboxylic acids is 1. The first-order valence-electron chi connectivity index (χ1n) is 6.52. The van der Waals surface area contributed by atoms with E-state index in [0.29, 0.717) is 23.3 Å². The minimum atomic E-state index is -0.931. The number of anilines is 1. The highest BCUT2D eigenvalue weighted by Crippen LogP contribution is 2.24. The number of rotatable bonds is 4. The van der Waals surface area contributed by atoms with Crippen molar-refractivity contribution in [1.29, 1.82) is 0 Å². The molecule has 0 aliphatic carbocycles. The van der Waals surface area contributed by atoms with Crippen molar-refractivity contribution in [3.8, 4) is 0 Å². The zero-order valence-electron chi connectivity index (χ0n) is 11.5. The van der Waals surface area contributed by atoms with E-state index in [0.717, 1.165) is 0 Å². The standard InChI is InChI=1S/C16H14N2O2S/c1-18(10-11-5-4-8-21-11)15-9-13(16(19)20)12-6-2-3-7-14(12)17-15/h2-9H,10H2,1H3,(H,19,20). The van der Waals surface area contributed by atoms with E-state index in [-0.39, 0.29) is 5.56 Å². The minimum Gasteiger partial charge on any atom is -0.478 e. The molecule has 5 heteroatoms. The number of carbonyl (C=O) groups is 1. The van der Waals surface area contributed by atoms with Gasteiger partial charge in [-0.3, -0.25) is 0 Å². The van der Waals surface area contributed by atoms with E-state index in [2.05, 4.69) is 11.1 Å². The van der Waals surface area contributed by atoms with Crippen molar-refractivity contribution < 1.29 is 9.90 Å². The van der Waals surface area contributed by atoms with E-state index in [1.54, 1.807) is 23.5 Å². The van der Waals surface area contributed by atoms with E-state index in [1.165, 1.54) is 4.88 Å². The molecular formula is C16H14N2O2S. The second-order valence-corrected chi connectivity index (χ2v) is 5.82. The number of nitrogens with zero attached hydrogens (tertiary/aromatic N) is 2. The normalized spacial score (nSPS) is 10.7. The fraction of sp³-hybridized carbons (Fsp3) is 0.125. The van der Waals surface area contributed by atoms with Gasteiger partial charge in [0.1, 0.15) is 5.82 Å². The zero-order valence-corrected chi connectivity index (χ0v) is 12.3. The Morgan fingerprint density at radius 2 is 2.10 bits per heavy atom. The van der Waals surface area contributed by atoms with Gasteiger partial charge >= 0.3 is 5.97 Å². The Bertz CT molecular complexity index is 784. The summed E-state index contributed by atoms with van der Waals surface area (Å²) >= 11 is 1.67. The smallest absolute Gasteiger partial charge is 0.336 e. The lowest BCUT2D eigenvalue weighted by molar-refractivity contribution is 0.0699. The molecule has 0 aliphatic heterocycles. The lowest BCUT2D eigenvalue weighted by Gasteiger charge is -2.18. The van der Waals surface area contributed by atoms with Crippen molar-refractivity contribution in [2.45, 2.75) is 6.54 Å². The maximum atomic E-state index is 11.5. The summed E-state index contributed by atoms with van der Waals surface area (Å²) in [5, 5.41) is 12.1. The first-order chi connectivity index (χ1) is 10.1. The second kappa shape index (κ2) is 5.54. The van der Waals surface area contributed by atoms with Crippen LogP contribution in [0.25, 0.3) is 10.9 Å². The average Bonchev–Trinajstić information content (AvgIpc) is 2.98. The van der Waals surface area contributed by atoms with Crippen molar-refractivity contribution >= 4 is 34.0 Å². The van der Waals surface area contributed by atoms with E-state index in [9.17, 15) is 9.90 Å². The molecule has 0 unspecified atom stereocenters. The number of fused-ring (bicyclic) bond motifs is 1. The van der Waals surface area contributed by atoms with Crippen molar-refractivity contribution in [1.82, 2.24) is 4.98 Å². The highest BCUT2D eigenvalue weighted by Gasteiger charge is 2.14. The van der Waals surface area contributed by atoms with Crippen LogP contribution in [0.4, 0.5) is 5.82 Å². The van der Waals surface area contributed by atoms with Crippen molar-refractivity contribution in [2.24, 2.45) is 0 Å². The summed E-state index contributed by atoms with van der Waals surface area (Å²) < 4.78 is 0. The van der Waals surface area contributed by atoms with Crippen LogP contribution in [0.5, 0.6) is 0 Å². The lowest BCUT2D eigenvalue weighted by Crippen LogP contribution is -2.17. The number of thiophene rings is 1. The quantitative estimate of drug-likeness (QED) is 0.799. The van der Waals surface area contributed by atoms with Gasteiger partial charge in [0, 0.05) is 17.3 Å². The number of benzene rings is 1. The van der Waals surface area contributed by atoms with Crippen molar-refractivity contribution in [3.05, 3.63) is 58.3 Å². The summed E-state index contributed by atoms with van der Waals surface area (Å²) in [7, 11) is 1.92. The lowest BCUT2D eigenvalue weighted by atomic mass is 10.1. The summed E-state index contributed by atoms with van der Waals surface area (Å²) in [6.45, 7) is 0.710. The van der Waals surface area contributed by atoms with Crippen LogP contribution in [0.2, 0.25) is 0 Å². The molecule has 4 nitrogen and oxygen atoms in total. The Balaban J connectivity index is 2.04. The average molecular weight is 298 g/mol. The second-order valence-electron chi connectivity index (χ2n) is 4.79. The van der Waals surface area contributed by atoms with Gasteiger partial charge in [0.25, 0.3) is 0 Å². The van der Waals surface area contributed by atoms with Crippen LogP contribution in [-0.4, -0.2) is 23.1 Å². The number of carboxylic acid groups (broad SMARTS) is 1. The molecule has 21 heavy (non-hydrogen) atoms. The number of hydrogen-bond acceptors (Lipinski definition) is 4. The van der Waals surface area contributed by atoms with Crippen LogP contribution in [0, 0.1) is 0 Å². The Kier molecular flexibility index (Phi) is 3.58. The third-order valence-corrected chi connectivity index (χ3v) is 4.16. The molecule has 0 saturated carbocycles. The van der Waals surface area contributed by atoms with Gasteiger partial charge in [0.2, 0.25) is 0 Å². The Morgan fingerprint density at radius 1 is 1.29 bits per heavy atom. The Morgan fingerprint density at radius 3 is 2.81 bits per heavy atom. The van der Waals surface area contributed by atoms with Gasteiger partial charge in [-0.05, 0) is 23.6 Å². The maximum absolute atomic E-state index is 11.5. The van der Waals surface area contributed by atoms with E-state index < -0.39 is 5.97 Å². The molecule has 106 valence electrons. The highest BCUT2D eigenvalue weighted by molar-refractivity contribution is 7.09. The van der Waals surface area contributed by atoms with Crippen molar-refractivity contribution in [2.75, 3.05) is 11.9 Å². The predicted molar refractivity (Wildman–Crippen MR) is 85.1 cm³/mol. The largest absolute Gasteiger partial charge is 0.478 e. The Labute approximate surface area is 126 Å². The summed E-state index contributed by atoms with van der Waals surface area (Å²) in [5.41, 5.74) is 0.985. The fourth-order valence-corrected chi connectivity index (χ4v) is 3.01. The van der Waals surface area contributed by atoms with Gasteiger partial charge < -0.3 is 10.0 Å². The summed E-state index contributed by atoms with van der Waals surface area (Å²) in [6.07, 6.45) is 0. The van der Waals surface area contributed by atoms with Crippen LogP contribution in [-0.2, 0) is 6.54 Å². The first-order valence-corrected chi connectivity index (χ1v) is 7.40. The molecule has 1 aromatic carbocycles. The third kappa shape index (κ3) is 2.73. The molecule has 2 aromatic heterocycles. The molecule has 0 amide bonds. The van der Waals surface area contributed by atoms with Gasteiger partial charge in [0.15, 0.2) is 0 Å². The molecule has 0 bridgehead atoms. The number of para-hydroxylation sites is 1. The molecule has 3 aromatic rings. The van der Waals surface area contributed by atoms with E-state index >= 15 is 0 Å². The topological polar surface area (TPSA) is 53.4 Å². The summed E-state index contributed by atoms with van der Waals surface area (Å²) in [4.78, 5) is 19.2. The van der Waals surface area contributed by atoms with Crippen LogP contribution in [0.15, 0.2) is 47.8 Å². The molecular weight excluding hydrogens is 284 g/mol. The summed E-state index contributed by atoms with van der Waals surface area (Å²) in [5.74, 6) is -0.265. The zero-order chi connectivity index (χ0) is 14.8. The van der Waals surface area contributed by atoms with Crippen LogP contribution < -0.4 is 4.90 Å². The summed E-state index contributed by atoms with van der Waals surface area (Å²) in [6, 6.07) is 13.0. The number of pyridine rings is 1. The van der Waals surface area contributed by atoms with Gasteiger partial charge in [-0.2, -0.15) is 0 Å². The van der Waals surface area contributed by atoms with E-state index in [1.807, 2.05) is 41.6 Å². The van der Waals surface area contributed by atoms with Crippen LogP contribution in [0.3, 0.4) is 0 Å². The predicted octanol–water partition coefficient (Wildman–Crippen LogP) is 3.63. The minimum absolute atomic E-state index is 0.286. The van der Waals surface area contributed by atoms with Crippen molar-refractivity contribution in [3.63, 3.8) is 0 Å². The highest BCUT2D eigenvalue weighted by atomic mass is 32.1. The SMILES string of the molecule is CN(Cc1cccs1)c1cc(C(=O)O)c2ccccc2n1. The van der Waals surface area contributed by atoms with Gasteiger partial charge in [-0.1, -0.05) is 24.3 Å². The number of aromatic nitrogens is 1. The van der Waals surface area contributed by atoms with Crippen LogP contribution in [0.1, 0.15) is 15.2 Å². The first kappa shape index (κ1) is 13.6. The molecule has 0 aliphatic rings.